The highest BCUT2D eigenvalue weighted by Gasteiger charge is 2.17. The highest BCUT2D eigenvalue weighted by molar-refractivity contribution is 7.90. The van der Waals surface area contributed by atoms with Crippen molar-refractivity contribution >= 4 is 21.4 Å². The van der Waals surface area contributed by atoms with Crippen LogP contribution >= 0.6 is 0 Å². The van der Waals surface area contributed by atoms with Crippen molar-refractivity contribution in [1.29, 1.82) is 0 Å². The van der Waals surface area contributed by atoms with Gasteiger partial charge in [0.2, 0.25) is 5.91 Å². The van der Waals surface area contributed by atoms with Gasteiger partial charge in [0.1, 0.15) is 15.6 Å². The molecule has 6 nitrogen and oxygen atoms in total. The Bertz CT molecular complexity index is 542. The van der Waals surface area contributed by atoms with Crippen LogP contribution in [0, 0.1) is 0 Å². The maximum absolute atomic E-state index is 11.8. The second-order valence-electron chi connectivity index (χ2n) is 4.21. The fourth-order valence-corrected chi connectivity index (χ4v) is 2.13. The first-order chi connectivity index (χ1) is 8.83. The van der Waals surface area contributed by atoms with Gasteiger partial charge in [-0.15, -0.1) is 0 Å². The molecular formula is C12H18N2O4S. The normalized spacial score (nSPS) is 12.8. The zero-order valence-corrected chi connectivity index (χ0v) is 11.7. The van der Waals surface area contributed by atoms with Crippen LogP contribution in [-0.2, 0) is 14.6 Å². The summed E-state index contributed by atoms with van der Waals surface area (Å²) in [5, 5.41) is 2.61. The third kappa shape index (κ3) is 5.27. The maximum Gasteiger partial charge on any atom is 0.241 e. The van der Waals surface area contributed by atoms with Gasteiger partial charge in [0.25, 0.3) is 0 Å². The number of sulfone groups is 1. The molecule has 1 aromatic rings. The summed E-state index contributed by atoms with van der Waals surface area (Å²) >= 11 is 0. The molecule has 0 aliphatic rings. The molecule has 0 radical (unpaired) electrons. The van der Waals surface area contributed by atoms with Crippen molar-refractivity contribution in [2.24, 2.45) is 5.73 Å². The van der Waals surface area contributed by atoms with Crippen molar-refractivity contribution < 1.29 is 17.9 Å². The van der Waals surface area contributed by atoms with Crippen molar-refractivity contribution in [1.82, 2.24) is 0 Å². The molecule has 1 amide bonds. The lowest BCUT2D eigenvalue weighted by molar-refractivity contribution is -0.117. The van der Waals surface area contributed by atoms with Crippen LogP contribution in [0.25, 0.3) is 0 Å². The molecule has 0 fully saturated rings. The number of benzene rings is 1. The van der Waals surface area contributed by atoms with Gasteiger partial charge in [-0.25, -0.2) is 8.42 Å². The fraction of sp³-hybridized carbons (Fsp3) is 0.417. The molecule has 0 aromatic heterocycles. The van der Waals surface area contributed by atoms with E-state index in [-0.39, 0.29) is 12.2 Å². The van der Waals surface area contributed by atoms with E-state index in [4.69, 9.17) is 10.5 Å². The van der Waals surface area contributed by atoms with Crippen LogP contribution < -0.4 is 15.8 Å². The molecule has 7 heteroatoms. The standard InChI is InChI=1S/C12H18N2O4S/c1-18-11-6-4-3-5-10(11)14-12(15)9(13)7-8-19(2,16)17/h3-6,9H,7-8,13H2,1-2H3,(H,14,15). The van der Waals surface area contributed by atoms with Crippen molar-refractivity contribution in [3.05, 3.63) is 24.3 Å². The third-order valence-corrected chi connectivity index (χ3v) is 3.48. The van der Waals surface area contributed by atoms with Gasteiger partial charge in [-0.05, 0) is 18.6 Å². The lowest BCUT2D eigenvalue weighted by Gasteiger charge is -2.13. The Morgan fingerprint density at radius 2 is 2.05 bits per heavy atom. The molecule has 0 spiro atoms. The van der Waals surface area contributed by atoms with E-state index in [1.807, 2.05) is 0 Å². The van der Waals surface area contributed by atoms with Crippen LogP contribution in [0.2, 0.25) is 0 Å². The first kappa shape index (κ1) is 15.5. The van der Waals surface area contributed by atoms with Gasteiger partial charge in [0, 0.05) is 6.26 Å². The average molecular weight is 286 g/mol. The Kier molecular flexibility index (Phi) is 5.31. The van der Waals surface area contributed by atoms with E-state index in [1.54, 1.807) is 24.3 Å². The van der Waals surface area contributed by atoms with E-state index in [0.717, 1.165) is 6.26 Å². The van der Waals surface area contributed by atoms with Gasteiger partial charge >= 0.3 is 0 Å². The highest BCUT2D eigenvalue weighted by Crippen LogP contribution is 2.23. The van der Waals surface area contributed by atoms with Gasteiger partial charge in [0.05, 0.1) is 24.6 Å². The molecule has 106 valence electrons. The molecule has 0 saturated carbocycles. The third-order valence-electron chi connectivity index (χ3n) is 2.50. The topological polar surface area (TPSA) is 98.5 Å². The minimum atomic E-state index is -3.12. The first-order valence-electron chi connectivity index (χ1n) is 5.70. The van der Waals surface area contributed by atoms with Crippen LogP contribution in [0.15, 0.2) is 24.3 Å². The predicted molar refractivity (Wildman–Crippen MR) is 73.9 cm³/mol. The lowest BCUT2D eigenvalue weighted by atomic mass is 10.2. The summed E-state index contributed by atoms with van der Waals surface area (Å²) in [7, 11) is -1.63. The molecule has 0 aliphatic heterocycles. The van der Waals surface area contributed by atoms with E-state index in [2.05, 4.69) is 5.32 Å². The number of nitrogens with two attached hydrogens (primary N) is 1. The van der Waals surface area contributed by atoms with E-state index in [1.165, 1.54) is 7.11 Å². The molecule has 1 unspecified atom stereocenters. The Balaban J connectivity index is 2.64. The minimum absolute atomic E-state index is 0.0832. The largest absolute Gasteiger partial charge is 0.495 e. The lowest BCUT2D eigenvalue weighted by Crippen LogP contribution is -2.37. The zero-order chi connectivity index (χ0) is 14.5. The zero-order valence-electron chi connectivity index (χ0n) is 10.9. The maximum atomic E-state index is 11.8. The van der Waals surface area contributed by atoms with Crippen molar-refractivity contribution in [3.63, 3.8) is 0 Å². The van der Waals surface area contributed by atoms with Gasteiger partial charge in [-0.2, -0.15) is 0 Å². The van der Waals surface area contributed by atoms with Crippen molar-refractivity contribution in [2.45, 2.75) is 12.5 Å². The van der Waals surface area contributed by atoms with Crippen LogP contribution in [0.1, 0.15) is 6.42 Å². The fourth-order valence-electron chi connectivity index (χ4n) is 1.45. The quantitative estimate of drug-likeness (QED) is 0.788. The highest BCUT2D eigenvalue weighted by atomic mass is 32.2. The molecule has 1 atom stereocenters. The van der Waals surface area contributed by atoms with Crippen molar-refractivity contribution in [2.75, 3.05) is 24.4 Å². The number of carbonyl (C=O) groups excluding carboxylic acids is 1. The summed E-state index contributed by atoms with van der Waals surface area (Å²) in [6.07, 6.45) is 1.19. The Morgan fingerprint density at radius 1 is 1.42 bits per heavy atom. The number of nitrogens with one attached hydrogen (secondary N) is 1. The van der Waals surface area contributed by atoms with Crippen LogP contribution in [0.3, 0.4) is 0 Å². The second kappa shape index (κ2) is 6.53. The molecule has 19 heavy (non-hydrogen) atoms. The van der Waals surface area contributed by atoms with Crippen LogP contribution in [-0.4, -0.2) is 39.5 Å². The molecule has 1 rings (SSSR count). The first-order valence-corrected chi connectivity index (χ1v) is 7.76. The van der Waals surface area contributed by atoms with Gasteiger partial charge in [0.15, 0.2) is 0 Å². The average Bonchev–Trinajstić information content (AvgIpc) is 2.35. The summed E-state index contributed by atoms with van der Waals surface area (Å²) in [4.78, 5) is 11.8. The Hall–Kier alpha value is -1.60. The number of hydrogen-bond acceptors (Lipinski definition) is 5. The number of ether oxygens (including phenoxy) is 1. The minimum Gasteiger partial charge on any atom is -0.495 e. The monoisotopic (exact) mass is 286 g/mol. The summed E-state index contributed by atoms with van der Waals surface area (Å²) < 4.78 is 27.1. The van der Waals surface area contributed by atoms with Crippen molar-refractivity contribution in [3.8, 4) is 5.75 Å². The van der Waals surface area contributed by atoms with Gasteiger partial charge in [-0.1, -0.05) is 12.1 Å². The number of hydrogen-bond donors (Lipinski definition) is 2. The summed E-state index contributed by atoms with van der Waals surface area (Å²) in [5.74, 6) is -0.0349. The number of methoxy groups -OCH3 is 1. The SMILES string of the molecule is COc1ccccc1NC(=O)C(N)CCS(C)(=O)=O. The van der Waals surface area contributed by atoms with Gasteiger partial charge in [-0.3, -0.25) is 4.79 Å². The predicted octanol–water partition coefficient (Wildman–Crippen LogP) is 0.396. The molecule has 3 N–H and O–H groups in total. The second-order valence-corrected chi connectivity index (χ2v) is 6.47. The molecule has 0 heterocycles. The van der Waals surface area contributed by atoms with E-state index in [0.29, 0.717) is 11.4 Å². The summed E-state index contributed by atoms with van der Waals surface area (Å²) in [6, 6.07) is 6.04. The summed E-state index contributed by atoms with van der Waals surface area (Å²) in [6.45, 7) is 0. The number of para-hydroxylation sites is 2. The Labute approximate surface area is 112 Å². The molecule has 0 bridgehead atoms. The number of carbonyl (C=O) groups is 1. The van der Waals surface area contributed by atoms with E-state index >= 15 is 0 Å². The number of anilines is 1. The summed E-state index contributed by atoms with van der Waals surface area (Å²) in [5.41, 5.74) is 6.15. The Morgan fingerprint density at radius 3 is 2.63 bits per heavy atom. The molecule has 0 aliphatic carbocycles. The van der Waals surface area contributed by atoms with Gasteiger partial charge < -0.3 is 15.8 Å². The van der Waals surface area contributed by atoms with E-state index < -0.39 is 21.8 Å². The van der Waals surface area contributed by atoms with E-state index in [9.17, 15) is 13.2 Å². The smallest absolute Gasteiger partial charge is 0.241 e. The molecule has 1 aromatic carbocycles. The van der Waals surface area contributed by atoms with Crippen LogP contribution in [0.4, 0.5) is 5.69 Å². The number of amides is 1. The molecule has 0 saturated heterocycles. The van der Waals surface area contributed by atoms with Crippen LogP contribution in [0.5, 0.6) is 5.75 Å². The number of rotatable bonds is 6. The molecular weight excluding hydrogens is 268 g/mol.